The Morgan fingerprint density at radius 3 is 2.70 bits per heavy atom. The number of Topliss-reactive ketones (excluding diaryl/α,β-unsaturated/α-hetero) is 1. The molecule has 0 radical (unpaired) electrons. The molecule has 0 aliphatic heterocycles. The molecular formula is C12H16O7S-2. The maximum Gasteiger partial charge on any atom is 0.217 e. The van der Waals surface area contributed by atoms with Gasteiger partial charge in [-0.25, -0.2) is 8.42 Å². The van der Waals surface area contributed by atoms with Crippen LogP contribution in [-0.4, -0.2) is 31.3 Å². The number of hydrogen-bond donors (Lipinski definition) is 0. The van der Waals surface area contributed by atoms with Gasteiger partial charge in [0.2, 0.25) is 10.4 Å². The maximum absolute atomic E-state index is 11.6. The average Bonchev–Trinajstić information content (AvgIpc) is 2.63. The van der Waals surface area contributed by atoms with E-state index in [2.05, 4.69) is 4.18 Å². The number of allylic oxidation sites excluding steroid dienone is 1. The molecule has 0 bridgehead atoms. The number of carbonyl (C=O) groups excluding carboxylic acids is 2. The summed E-state index contributed by atoms with van der Waals surface area (Å²) in [7, 11) is -4.67. The van der Waals surface area contributed by atoms with Gasteiger partial charge in [0, 0.05) is 18.3 Å². The van der Waals surface area contributed by atoms with Crippen molar-refractivity contribution < 1.29 is 31.8 Å². The predicted molar refractivity (Wildman–Crippen MR) is 64.9 cm³/mol. The fourth-order valence-corrected chi connectivity index (χ4v) is 2.64. The Kier molecular flexibility index (Phi) is 6.31. The highest BCUT2D eigenvalue weighted by Crippen LogP contribution is 2.33. The molecule has 1 aliphatic rings. The van der Waals surface area contributed by atoms with Crippen LogP contribution in [0.25, 0.3) is 0 Å². The van der Waals surface area contributed by atoms with E-state index in [1.54, 1.807) is 12.2 Å². The topological polar surface area (TPSA) is 124 Å². The van der Waals surface area contributed by atoms with Gasteiger partial charge in [0.15, 0.2) is 0 Å². The Labute approximate surface area is 117 Å². The third-order valence-electron chi connectivity index (χ3n) is 3.24. The normalized spacial score (nSPS) is 23.6. The second-order valence-electron chi connectivity index (χ2n) is 4.67. The van der Waals surface area contributed by atoms with Crippen LogP contribution < -0.4 is 5.11 Å². The number of carbonyl (C=O) groups is 2. The first-order valence-corrected chi connectivity index (χ1v) is 7.60. The summed E-state index contributed by atoms with van der Waals surface area (Å²) < 4.78 is 34.5. The van der Waals surface area contributed by atoms with Crippen molar-refractivity contribution in [3.63, 3.8) is 0 Å². The molecule has 0 saturated heterocycles. The van der Waals surface area contributed by atoms with Gasteiger partial charge in [-0.3, -0.25) is 8.98 Å². The Bertz CT molecular complexity index is 480. The molecule has 0 aromatic carbocycles. The second kappa shape index (κ2) is 7.51. The standard InChI is InChI=1S/C12H18O7S/c13-11-6-5-9(8-12(14)15)10(11)4-2-1-3-7-19-20(16,17)18/h1-2,9-10H,3-8H2,(H,14,15)(H,16,17,18)/p-2/b2-1-/t9-,10-/m1/s1. The number of ketones is 1. The number of rotatable bonds is 8. The lowest BCUT2D eigenvalue weighted by atomic mass is 9.89. The van der Waals surface area contributed by atoms with Crippen molar-refractivity contribution in [2.24, 2.45) is 11.8 Å². The number of carboxylic acids is 1. The van der Waals surface area contributed by atoms with E-state index >= 15 is 0 Å². The lowest BCUT2D eigenvalue weighted by Crippen LogP contribution is -2.27. The fraction of sp³-hybridized carbons (Fsp3) is 0.667. The summed E-state index contributed by atoms with van der Waals surface area (Å²) in [5.74, 6) is -1.64. The van der Waals surface area contributed by atoms with Gasteiger partial charge in [-0.2, -0.15) is 0 Å². The van der Waals surface area contributed by atoms with Gasteiger partial charge >= 0.3 is 0 Å². The van der Waals surface area contributed by atoms with E-state index in [1.807, 2.05) is 0 Å². The lowest BCUT2D eigenvalue weighted by molar-refractivity contribution is -0.307. The minimum absolute atomic E-state index is 0.0410. The zero-order valence-corrected chi connectivity index (χ0v) is 11.6. The molecule has 0 heterocycles. The van der Waals surface area contributed by atoms with Crippen molar-refractivity contribution in [1.29, 1.82) is 0 Å². The van der Waals surface area contributed by atoms with Crippen LogP contribution in [0.15, 0.2) is 12.2 Å². The molecule has 114 valence electrons. The van der Waals surface area contributed by atoms with Gasteiger partial charge < -0.3 is 14.5 Å². The predicted octanol–water partition coefficient (Wildman–Crippen LogP) is -0.465. The van der Waals surface area contributed by atoms with Crippen molar-refractivity contribution >= 4 is 22.2 Å². The van der Waals surface area contributed by atoms with E-state index in [4.69, 9.17) is 0 Å². The molecule has 7 nitrogen and oxygen atoms in total. The molecule has 0 aromatic heterocycles. The molecule has 0 amide bonds. The summed E-state index contributed by atoms with van der Waals surface area (Å²) >= 11 is 0. The van der Waals surface area contributed by atoms with E-state index in [-0.39, 0.29) is 37.1 Å². The van der Waals surface area contributed by atoms with Crippen LogP contribution in [0.4, 0.5) is 0 Å². The highest BCUT2D eigenvalue weighted by Gasteiger charge is 2.33. The van der Waals surface area contributed by atoms with Crippen molar-refractivity contribution in [3.05, 3.63) is 12.2 Å². The fourth-order valence-electron chi connectivity index (χ4n) is 2.34. The average molecular weight is 304 g/mol. The lowest BCUT2D eigenvalue weighted by Gasteiger charge is -2.17. The van der Waals surface area contributed by atoms with Crippen LogP contribution in [-0.2, 0) is 24.2 Å². The zero-order valence-electron chi connectivity index (χ0n) is 10.8. The molecule has 8 heteroatoms. The number of carboxylic acid groups (broad SMARTS) is 1. The summed E-state index contributed by atoms with van der Waals surface area (Å²) in [6, 6.07) is 0. The van der Waals surface area contributed by atoms with Gasteiger partial charge in [-0.15, -0.1) is 0 Å². The monoisotopic (exact) mass is 304 g/mol. The first-order chi connectivity index (χ1) is 9.29. The second-order valence-corrected chi connectivity index (χ2v) is 5.73. The Morgan fingerprint density at radius 2 is 2.10 bits per heavy atom. The van der Waals surface area contributed by atoms with Crippen LogP contribution in [0.3, 0.4) is 0 Å². The van der Waals surface area contributed by atoms with E-state index in [0.29, 0.717) is 19.3 Å². The quantitative estimate of drug-likeness (QED) is 0.257. The molecule has 0 N–H and O–H groups in total. The van der Waals surface area contributed by atoms with Crippen molar-refractivity contribution in [1.82, 2.24) is 0 Å². The van der Waals surface area contributed by atoms with Crippen molar-refractivity contribution in [2.45, 2.75) is 32.1 Å². The van der Waals surface area contributed by atoms with E-state index in [0.717, 1.165) is 0 Å². The van der Waals surface area contributed by atoms with Crippen LogP contribution in [0.5, 0.6) is 0 Å². The largest absolute Gasteiger partial charge is 0.726 e. The SMILES string of the molecule is O=C([O-])C[C@H]1CCC(=O)[C@@H]1C/C=C\CCOS(=O)(=O)[O-]. The number of hydrogen-bond acceptors (Lipinski definition) is 7. The molecule has 0 spiro atoms. The molecule has 20 heavy (non-hydrogen) atoms. The Balaban J connectivity index is 2.35. The smallest absolute Gasteiger partial charge is 0.217 e. The van der Waals surface area contributed by atoms with Gasteiger partial charge in [-0.05, 0) is 31.6 Å². The zero-order chi connectivity index (χ0) is 15.2. The molecule has 0 aromatic rings. The Morgan fingerprint density at radius 1 is 1.40 bits per heavy atom. The summed E-state index contributed by atoms with van der Waals surface area (Å²) in [6.07, 6.45) is 4.73. The van der Waals surface area contributed by atoms with Crippen LogP contribution in [0.1, 0.15) is 32.1 Å². The third-order valence-corrected chi connectivity index (χ3v) is 3.70. The van der Waals surface area contributed by atoms with E-state index in [9.17, 15) is 27.7 Å². The van der Waals surface area contributed by atoms with Crippen molar-refractivity contribution in [3.8, 4) is 0 Å². The van der Waals surface area contributed by atoms with Gasteiger partial charge in [-0.1, -0.05) is 12.2 Å². The summed E-state index contributed by atoms with van der Waals surface area (Å²) in [4.78, 5) is 22.2. The van der Waals surface area contributed by atoms with Gasteiger partial charge in [0.1, 0.15) is 5.78 Å². The molecular weight excluding hydrogens is 288 g/mol. The third kappa shape index (κ3) is 6.27. The van der Waals surface area contributed by atoms with Crippen LogP contribution >= 0.6 is 0 Å². The molecule has 1 fully saturated rings. The van der Waals surface area contributed by atoms with E-state index < -0.39 is 16.4 Å². The van der Waals surface area contributed by atoms with E-state index in [1.165, 1.54) is 0 Å². The summed E-state index contributed by atoms with van der Waals surface area (Å²) in [5.41, 5.74) is 0. The molecule has 1 saturated carbocycles. The number of aliphatic carboxylic acids is 1. The molecule has 1 rings (SSSR count). The highest BCUT2D eigenvalue weighted by molar-refractivity contribution is 7.80. The van der Waals surface area contributed by atoms with Gasteiger partial charge in [0.05, 0.1) is 6.61 Å². The van der Waals surface area contributed by atoms with Crippen LogP contribution in [0.2, 0.25) is 0 Å². The molecule has 2 atom stereocenters. The molecule has 1 aliphatic carbocycles. The minimum Gasteiger partial charge on any atom is -0.726 e. The summed E-state index contributed by atoms with van der Waals surface area (Å²) in [5, 5.41) is 10.6. The van der Waals surface area contributed by atoms with Crippen LogP contribution in [0, 0.1) is 11.8 Å². The summed E-state index contributed by atoms with van der Waals surface area (Å²) in [6.45, 7) is -0.247. The Hall–Kier alpha value is -1.25. The van der Waals surface area contributed by atoms with Gasteiger partial charge in [0.25, 0.3) is 0 Å². The van der Waals surface area contributed by atoms with Crippen molar-refractivity contribution in [2.75, 3.05) is 6.61 Å². The highest BCUT2D eigenvalue weighted by atomic mass is 32.3. The molecule has 0 unspecified atom stereocenters. The first-order valence-electron chi connectivity index (χ1n) is 6.27. The maximum atomic E-state index is 11.6. The first kappa shape index (κ1) is 16.8. The minimum atomic E-state index is -4.67.